The molecule has 2 aliphatic heterocycles. The van der Waals surface area contributed by atoms with Crippen molar-refractivity contribution in [2.24, 2.45) is 0 Å². The maximum atomic E-state index is 13.5. The first-order chi connectivity index (χ1) is 9.10. The first-order valence-electron chi connectivity index (χ1n) is 6.75. The summed E-state index contributed by atoms with van der Waals surface area (Å²) in [5.74, 6) is -0.351. The lowest BCUT2D eigenvalue weighted by molar-refractivity contribution is -0.0123. The number of aliphatic hydroxyl groups is 1. The van der Waals surface area contributed by atoms with Crippen molar-refractivity contribution < 1.29 is 9.50 Å². The molecule has 2 unspecified atom stereocenters. The first kappa shape index (κ1) is 12.6. The lowest BCUT2D eigenvalue weighted by Gasteiger charge is -2.38. The largest absolute Gasteiger partial charge is 0.385 e. The summed E-state index contributed by atoms with van der Waals surface area (Å²) in [6, 6.07) is 7.08. The number of fused-ring (bicyclic) bond motifs is 2. The number of piperidine rings is 1. The quantitative estimate of drug-likeness (QED) is 0.855. The van der Waals surface area contributed by atoms with E-state index in [0.29, 0.717) is 30.5 Å². The van der Waals surface area contributed by atoms with E-state index < -0.39 is 5.60 Å². The molecule has 2 saturated heterocycles. The fourth-order valence-electron chi connectivity index (χ4n) is 3.56. The Morgan fingerprint density at radius 1 is 1.37 bits per heavy atom. The fraction of sp³-hybridized carbons (Fsp3) is 0.533. The molecule has 0 amide bonds. The van der Waals surface area contributed by atoms with Crippen LogP contribution in [0, 0.1) is 17.1 Å². The Balaban J connectivity index is 2.00. The van der Waals surface area contributed by atoms with Crippen molar-refractivity contribution in [3.63, 3.8) is 0 Å². The molecule has 4 heteroatoms. The molecule has 0 saturated carbocycles. The van der Waals surface area contributed by atoms with Crippen LogP contribution in [0.5, 0.6) is 0 Å². The van der Waals surface area contributed by atoms with E-state index in [-0.39, 0.29) is 12.2 Å². The summed E-state index contributed by atoms with van der Waals surface area (Å²) in [5, 5.41) is 23.3. The number of halogens is 1. The Morgan fingerprint density at radius 2 is 2.05 bits per heavy atom. The van der Waals surface area contributed by atoms with Gasteiger partial charge in [-0.25, -0.2) is 4.39 Å². The number of benzene rings is 1. The zero-order valence-corrected chi connectivity index (χ0v) is 10.7. The molecule has 0 aliphatic carbocycles. The van der Waals surface area contributed by atoms with E-state index in [2.05, 4.69) is 11.4 Å². The second-order valence-corrected chi connectivity index (χ2v) is 5.71. The molecule has 2 bridgehead atoms. The van der Waals surface area contributed by atoms with Gasteiger partial charge in [-0.15, -0.1) is 0 Å². The second kappa shape index (κ2) is 4.59. The number of nitriles is 1. The van der Waals surface area contributed by atoms with Gasteiger partial charge in [-0.2, -0.15) is 5.26 Å². The Hall–Kier alpha value is -1.44. The van der Waals surface area contributed by atoms with Gasteiger partial charge < -0.3 is 10.4 Å². The third kappa shape index (κ3) is 2.24. The summed E-state index contributed by atoms with van der Waals surface area (Å²) in [6.45, 7) is 0. The third-order valence-electron chi connectivity index (χ3n) is 4.35. The summed E-state index contributed by atoms with van der Waals surface area (Å²) in [5.41, 5.74) is 0.353. The van der Waals surface area contributed by atoms with Crippen molar-refractivity contribution in [3.8, 4) is 6.07 Å². The Kier molecular flexibility index (Phi) is 3.04. The number of hydrogen-bond acceptors (Lipinski definition) is 3. The van der Waals surface area contributed by atoms with Gasteiger partial charge >= 0.3 is 0 Å². The van der Waals surface area contributed by atoms with Gasteiger partial charge in [0.05, 0.1) is 18.1 Å². The molecule has 3 rings (SSSR count). The Morgan fingerprint density at radius 3 is 2.68 bits per heavy atom. The summed E-state index contributed by atoms with van der Waals surface area (Å²) in [6.07, 6.45) is 3.54. The van der Waals surface area contributed by atoms with Crippen molar-refractivity contribution in [1.82, 2.24) is 5.32 Å². The first-order valence-corrected chi connectivity index (χ1v) is 6.75. The van der Waals surface area contributed by atoms with E-state index in [1.54, 1.807) is 6.07 Å². The van der Waals surface area contributed by atoms with Gasteiger partial charge in [-0.3, -0.25) is 0 Å². The van der Waals surface area contributed by atoms with Crippen LogP contribution in [0.15, 0.2) is 18.2 Å². The normalized spacial score (nSPS) is 33.1. The summed E-state index contributed by atoms with van der Waals surface area (Å²) in [7, 11) is 0. The van der Waals surface area contributed by atoms with Crippen LogP contribution in [-0.2, 0) is 12.0 Å². The molecule has 0 aromatic heterocycles. The Labute approximate surface area is 112 Å². The molecule has 1 aromatic carbocycles. The minimum atomic E-state index is -0.995. The predicted octanol–water partition coefficient (Wildman–Crippen LogP) is 1.99. The molecule has 2 atom stereocenters. The van der Waals surface area contributed by atoms with Crippen LogP contribution in [0.1, 0.15) is 36.8 Å². The molecule has 0 spiro atoms. The molecule has 100 valence electrons. The van der Waals surface area contributed by atoms with Crippen LogP contribution < -0.4 is 5.32 Å². The number of nitrogens with one attached hydrogen (secondary N) is 1. The van der Waals surface area contributed by atoms with E-state index in [4.69, 9.17) is 5.26 Å². The average Bonchev–Trinajstić information content (AvgIpc) is 2.72. The van der Waals surface area contributed by atoms with E-state index >= 15 is 0 Å². The minimum Gasteiger partial charge on any atom is -0.385 e. The molecule has 2 N–H and O–H groups in total. The average molecular weight is 260 g/mol. The van der Waals surface area contributed by atoms with Crippen molar-refractivity contribution in [2.45, 2.75) is 49.8 Å². The van der Waals surface area contributed by atoms with E-state index in [1.807, 2.05) is 0 Å². The highest BCUT2D eigenvalue weighted by molar-refractivity contribution is 5.36. The van der Waals surface area contributed by atoms with E-state index in [9.17, 15) is 9.50 Å². The van der Waals surface area contributed by atoms with Crippen LogP contribution in [0.25, 0.3) is 0 Å². The van der Waals surface area contributed by atoms with Gasteiger partial charge in [0.15, 0.2) is 0 Å². The zero-order chi connectivity index (χ0) is 13.5. The highest BCUT2D eigenvalue weighted by Gasteiger charge is 2.44. The minimum absolute atomic E-state index is 0.209. The number of nitrogens with zero attached hydrogens (tertiary/aromatic N) is 1. The van der Waals surface area contributed by atoms with Crippen molar-refractivity contribution in [2.75, 3.05) is 0 Å². The predicted molar refractivity (Wildman–Crippen MR) is 68.8 cm³/mol. The monoisotopic (exact) mass is 260 g/mol. The molecule has 3 nitrogen and oxygen atoms in total. The molecule has 2 aliphatic rings. The molecule has 1 aromatic rings. The SMILES string of the molecule is N#CCc1ccc(F)cc1C1(O)CC2CCC(C1)N2. The van der Waals surface area contributed by atoms with Gasteiger partial charge in [-0.05, 0) is 48.9 Å². The number of hydrogen-bond donors (Lipinski definition) is 2. The summed E-state index contributed by atoms with van der Waals surface area (Å²) >= 11 is 0. The molecule has 19 heavy (non-hydrogen) atoms. The van der Waals surface area contributed by atoms with Crippen molar-refractivity contribution in [1.29, 1.82) is 5.26 Å². The maximum absolute atomic E-state index is 13.5. The van der Waals surface area contributed by atoms with Crippen LogP contribution >= 0.6 is 0 Å². The van der Waals surface area contributed by atoms with Gasteiger partial charge in [0, 0.05) is 12.1 Å². The van der Waals surface area contributed by atoms with Crippen molar-refractivity contribution >= 4 is 0 Å². The third-order valence-corrected chi connectivity index (χ3v) is 4.35. The van der Waals surface area contributed by atoms with Crippen LogP contribution in [0.3, 0.4) is 0 Å². The summed E-state index contributed by atoms with van der Waals surface area (Å²) < 4.78 is 13.5. The summed E-state index contributed by atoms with van der Waals surface area (Å²) in [4.78, 5) is 0. The molecule has 2 heterocycles. The van der Waals surface area contributed by atoms with Crippen LogP contribution in [-0.4, -0.2) is 17.2 Å². The van der Waals surface area contributed by atoms with Gasteiger partial charge in [-0.1, -0.05) is 6.07 Å². The molecular weight excluding hydrogens is 243 g/mol. The van der Waals surface area contributed by atoms with E-state index in [0.717, 1.165) is 18.4 Å². The molecule has 2 fully saturated rings. The molecular formula is C15H17FN2O. The Bertz CT molecular complexity index is 525. The number of rotatable bonds is 2. The lowest BCUT2D eigenvalue weighted by atomic mass is 9.79. The standard InChI is InChI=1S/C15H17FN2O/c16-11-2-1-10(5-6-17)14(7-11)15(19)8-12-3-4-13(9-15)18-12/h1-2,7,12-13,18-19H,3-5,8-9H2. The van der Waals surface area contributed by atoms with E-state index in [1.165, 1.54) is 12.1 Å². The second-order valence-electron chi connectivity index (χ2n) is 5.71. The zero-order valence-electron chi connectivity index (χ0n) is 10.7. The molecule has 0 radical (unpaired) electrons. The van der Waals surface area contributed by atoms with Gasteiger partial charge in [0.2, 0.25) is 0 Å². The maximum Gasteiger partial charge on any atom is 0.123 e. The van der Waals surface area contributed by atoms with Crippen LogP contribution in [0.2, 0.25) is 0 Å². The smallest absolute Gasteiger partial charge is 0.123 e. The van der Waals surface area contributed by atoms with Gasteiger partial charge in [0.1, 0.15) is 5.82 Å². The van der Waals surface area contributed by atoms with Crippen molar-refractivity contribution in [3.05, 3.63) is 35.1 Å². The van der Waals surface area contributed by atoms with Gasteiger partial charge in [0.25, 0.3) is 0 Å². The highest BCUT2D eigenvalue weighted by Crippen LogP contribution is 2.42. The van der Waals surface area contributed by atoms with Crippen LogP contribution in [0.4, 0.5) is 4.39 Å². The topological polar surface area (TPSA) is 56.0 Å². The highest BCUT2D eigenvalue weighted by atomic mass is 19.1. The lowest BCUT2D eigenvalue weighted by Crippen LogP contribution is -2.47. The fourth-order valence-corrected chi connectivity index (χ4v) is 3.56.